The average molecular weight is 485 g/mol. The van der Waals surface area contributed by atoms with E-state index in [1.165, 1.54) is 0 Å². The van der Waals surface area contributed by atoms with Crippen LogP contribution in [0.4, 0.5) is 19.1 Å². The molecule has 2 atom stereocenters. The number of carbonyl (C=O) groups is 2. The summed E-state index contributed by atoms with van der Waals surface area (Å²) in [5, 5.41) is 10.9. The van der Waals surface area contributed by atoms with Crippen LogP contribution in [0.2, 0.25) is 0 Å². The van der Waals surface area contributed by atoms with E-state index in [-0.39, 0.29) is 36.8 Å². The van der Waals surface area contributed by atoms with Crippen LogP contribution in [0, 0.1) is 17.5 Å². The van der Waals surface area contributed by atoms with Crippen LogP contribution in [-0.4, -0.2) is 71.4 Å². The molecule has 4 rings (SSSR count). The Hall–Kier alpha value is -3.19. The summed E-state index contributed by atoms with van der Waals surface area (Å²) in [7, 11) is 0. The molecule has 2 aliphatic rings. The van der Waals surface area contributed by atoms with E-state index in [9.17, 15) is 18.0 Å². The van der Waals surface area contributed by atoms with E-state index in [4.69, 9.17) is 24.9 Å². The molecule has 1 amide bonds. The molecule has 3 heterocycles. The predicted octanol–water partition coefficient (Wildman–Crippen LogP) is 1.65. The lowest BCUT2D eigenvalue weighted by molar-refractivity contribution is -0.133. The van der Waals surface area contributed by atoms with Gasteiger partial charge in [-0.3, -0.25) is 9.59 Å². The van der Waals surface area contributed by atoms with Crippen LogP contribution in [0.5, 0.6) is 0 Å². The lowest BCUT2D eigenvalue weighted by Gasteiger charge is -2.25. The molecule has 2 fully saturated rings. The highest BCUT2D eigenvalue weighted by Crippen LogP contribution is 2.32. The van der Waals surface area contributed by atoms with Crippen LogP contribution < -0.4 is 10.6 Å². The molecule has 0 spiro atoms. The normalized spacial score (nSPS) is 18.9. The van der Waals surface area contributed by atoms with Gasteiger partial charge in [0.2, 0.25) is 5.91 Å². The van der Waals surface area contributed by atoms with E-state index >= 15 is 0 Å². The molecule has 186 valence electrons. The first-order valence-corrected chi connectivity index (χ1v) is 10.8. The molecule has 2 saturated heterocycles. The maximum absolute atomic E-state index is 13.9. The monoisotopic (exact) mass is 485 g/mol. The van der Waals surface area contributed by atoms with Gasteiger partial charge in [-0.25, -0.2) is 13.2 Å². The number of hydrogen-bond acceptors (Lipinski definition) is 8. The zero-order valence-corrected chi connectivity index (χ0v) is 18.3. The van der Waals surface area contributed by atoms with Crippen molar-refractivity contribution in [2.24, 2.45) is 5.73 Å². The third kappa shape index (κ3) is 6.23. The quantitative estimate of drug-likeness (QED) is 0.462. The minimum atomic E-state index is -1.26. The summed E-state index contributed by atoms with van der Waals surface area (Å²) in [6, 6.07) is 0.165. The van der Waals surface area contributed by atoms with Crippen molar-refractivity contribution in [2.75, 3.05) is 37.7 Å². The molecule has 1 aromatic heterocycles. The topological polar surface area (TPSA) is 135 Å². The van der Waals surface area contributed by atoms with E-state index in [0.29, 0.717) is 57.2 Å². The number of anilines is 1. The van der Waals surface area contributed by atoms with Crippen molar-refractivity contribution in [1.29, 1.82) is 0 Å². The smallest absolute Gasteiger partial charge is 0.290 e. The number of rotatable bonds is 6. The van der Waals surface area contributed by atoms with Crippen molar-refractivity contribution in [3.63, 3.8) is 0 Å². The molecule has 2 aliphatic heterocycles. The number of nitrogens with zero attached hydrogens (tertiary/aromatic N) is 4. The van der Waals surface area contributed by atoms with Gasteiger partial charge in [-0.15, -0.1) is 0 Å². The molecule has 13 heteroatoms. The minimum Gasteiger partial charge on any atom is -0.483 e. The number of nitrogens with two attached hydrogens (primary N) is 1. The maximum Gasteiger partial charge on any atom is 0.290 e. The number of halogens is 3. The second kappa shape index (κ2) is 11.8. The van der Waals surface area contributed by atoms with Crippen LogP contribution in [-0.2, 0) is 20.7 Å². The Morgan fingerprint density at radius 1 is 1.21 bits per heavy atom. The fourth-order valence-corrected chi connectivity index (χ4v) is 3.99. The molecular weight excluding hydrogens is 459 g/mol. The molecule has 0 aliphatic carbocycles. The second-order valence-corrected chi connectivity index (χ2v) is 7.91. The predicted molar refractivity (Wildman–Crippen MR) is 112 cm³/mol. The third-order valence-electron chi connectivity index (χ3n) is 5.59. The fourth-order valence-electron chi connectivity index (χ4n) is 3.99. The summed E-state index contributed by atoms with van der Waals surface area (Å²) in [5.41, 5.74) is 5.95. The maximum atomic E-state index is 13.9. The molecule has 0 radical (unpaired) electrons. The van der Waals surface area contributed by atoms with E-state index in [1.807, 2.05) is 4.90 Å². The lowest BCUT2D eigenvalue weighted by atomic mass is 10.0. The Morgan fingerprint density at radius 2 is 1.88 bits per heavy atom. The number of carboxylic acid groups (broad SMARTS) is 1. The summed E-state index contributed by atoms with van der Waals surface area (Å²) in [6.45, 7) is 2.79. The molecule has 10 nitrogen and oxygen atoms in total. The second-order valence-electron chi connectivity index (χ2n) is 7.91. The van der Waals surface area contributed by atoms with Crippen molar-refractivity contribution < 1.29 is 37.1 Å². The molecule has 0 saturated carbocycles. The fraction of sp³-hybridized carbons (Fsp3) is 0.524. The van der Waals surface area contributed by atoms with Gasteiger partial charge < -0.3 is 29.9 Å². The van der Waals surface area contributed by atoms with Crippen molar-refractivity contribution in [2.45, 2.75) is 37.8 Å². The number of morpholine rings is 1. The van der Waals surface area contributed by atoms with Gasteiger partial charge in [-0.05, 0) is 36.0 Å². The largest absolute Gasteiger partial charge is 0.483 e. The Balaban J connectivity index is 0.00000103. The molecular formula is C21H26F3N5O5. The van der Waals surface area contributed by atoms with E-state index in [2.05, 4.69) is 10.1 Å². The van der Waals surface area contributed by atoms with Crippen LogP contribution in [0.15, 0.2) is 16.7 Å². The van der Waals surface area contributed by atoms with Crippen molar-refractivity contribution >= 4 is 18.3 Å². The van der Waals surface area contributed by atoms with E-state index < -0.39 is 23.5 Å². The minimum absolute atomic E-state index is 0.0655. The van der Waals surface area contributed by atoms with Crippen molar-refractivity contribution in [3.05, 3.63) is 41.0 Å². The van der Waals surface area contributed by atoms with Crippen molar-refractivity contribution in [1.82, 2.24) is 15.0 Å². The summed E-state index contributed by atoms with van der Waals surface area (Å²) in [5.74, 6) is -2.69. The number of amides is 1. The lowest BCUT2D eigenvalue weighted by Crippen LogP contribution is -2.37. The summed E-state index contributed by atoms with van der Waals surface area (Å²) >= 11 is 0. The van der Waals surface area contributed by atoms with E-state index in [0.717, 1.165) is 12.5 Å². The summed E-state index contributed by atoms with van der Waals surface area (Å²) < 4.78 is 51.1. The third-order valence-corrected chi connectivity index (χ3v) is 5.59. The van der Waals surface area contributed by atoms with Gasteiger partial charge in [-0.2, -0.15) is 4.98 Å². The van der Waals surface area contributed by atoms with Gasteiger partial charge >= 0.3 is 0 Å². The van der Waals surface area contributed by atoms with Crippen LogP contribution >= 0.6 is 0 Å². The SMILES string of the molecule is N[C@@H](CC(=O)N1CCC[C@H]1c1nc(N2CCOCC2)no1)Cc1cc(F)c(F)cc1F.O=CO. The highest BCUT2D eigenvalue weighted by atomic mass is 19.2. The van der Waals surface area contributed by atoms with Crippen LogP contribution in [0.1, 0.15) is 36.8 Å². The molecule has 0 unspecified atom stereocenters. The van der Waals surface area contributed by atoms with Gasteiger partial charge in [-0.1, -0.05) is 0 Å². The highest BCUT2D eigenvalue weighted by molar-refractivity contribution is 5.77. The summed E-state index contributed by atoms with van der Waals surface area (Å²) in [6.07, 6.45) is 1.30. The Morgan fingerprint density at radius 3 is 2.59 bits per heavy atom. The first-order chi connectivity index (χ1) is 16.3. The number of benzene rings is 1. The molecule has 34 heavy (non-hydrogen) atoms. The zero-order chi connectivity index (χ0) is 24.7. The Labute approximate surface area is 193 Å². The number of ether oxygens (including phenoxy) is 1. The van der Waals surface area contributed by atoms with Crippen LogP contribution in [0.25, 0.3) is 0 Å². The Kier molecular flexibility index (Phi) is 8.82. The highest BCUT2D eigenvalue weighted by Gasteiger charge is 2.35. The Bertz CT molecular complexity index is 986. The van der Waals surface area contributed by atoms with Crippen molar-refractivity contribution in [3.8, 4) is 0 Å². The average Bonchev–Trinajstić information content (AvgIpc) is 3.48. The summed E-state index contributed by atoms with van der Waals surface area (Å²) in [4.78, 5) is 29.3. The molecule has 3 N–H and O–H groups in total. The number of aromatic nitrogens is 2. The van der Waals surface area contributed by atoms with Gasteiger partial charge in [0.25, 0.3) is 18.3 Å². The van der Waals surface area contributed by atoms with Crippen LogP contribution in [0.3, 0.4) is 0 Å². The first-order valence-electron chi connectivity index (χ1n) is 10.8. The number of hydrogen-bond donors (Lipinski definition) is 2. The standard InChI is InChI=1S/C20H24F3N5O3.CH2O2/c21-14-11-16(23)15(22)9-12(14)8-13(24)10-18(29)28-3-1-2-17(28)19-25-20(26-31-19)27-4-6-30-7-5-27;2-1-3/h9,11,13,17H,1-8,10,24H2;1H,(H,2,3)/t13-,17+;/m1./s1. The van der Waals surface area contributed by atoms with Gasteiger partial charge in [0, 0.05) is 38.2 Å². The number of likely N-dealkylation sites (tertiary alicyclic amines) is 1. The number of carbonyl (C=O) groups excluding carboxylic acids is 1. The zero-order valence-electron chi connectivity index (χ0n) is 18.3. The van der Waals surface area contributed by atoms with Gasteiger partial charge in [0.1, 0.15) is 11.9 Å². The van der Waals surface area contributed by atoms with E-state index in [1.54, 1.807) is 4.90 Å². The van der Waals surface area contributed by atoms with Gasteiger partial charge in [0.05, 0.1) is 13.2 Å². The first kappa shape index (κ1) is 25.4. The molecule has 1 aromatic carbocycles. The molecule has 0 bridgehead atoms. The molecule has 2 aromatic rings. The van der Waals surface area contributed by atoms with Gasteiger partial charge in [0.15, 0.2) is 11.6 Å².